The molecule has 0 amide bonds. The lowest BCUT2D eigenvalue weighted by Gasteiger charge is -2.13. The maximum absolute atomic E-state index is 11.7. The van der Waals surface area contributed by atoms with Gasteiger partial charge in [0, 0.05) is 10.8 Å². The lowest BCUT2D eigenvalue weighted by Crippen LogP contribution is -1.94. The molecule has 0 unspecified atom stereocenters. The van der Waals surface area contributed by atoms with Crippen LogP contribution in [0, 0.1) is 0 Å². The van der Waals surface area contributed by atoms with Crippen LogP contribution >= 0.6 is 0 Å². The Hall–Kier alpha value is -2.61. The first-order valence-corrected chi connectivity index (χ1v) is 6.57. The molecule has 0 bridgehead atoms. The van der Waals surface area contributed by atoms with Crippen LogP contribution in [0.5, 0.6) is 5.75 Å². The largest absolute Gasteiger partial charge is 0.507 e. The lowest BCUT2D eigenvalue weighted by atomic mass is 9.91. The Kier molecular flexibility index (Phi) is 2.08. The average molecular weight is 260 g/mol. The van der Waals surface area contributed by atoms with E-state index in [1.165, 1.54) is 6.92 Å². The van der Waals surface area contributed by atoms with Gasteiger partial charge in [-0.1, -0.05) is 36.4 Å². The van der Waals surface area contributed by atoms with Crippen molar-refractivity contribution < 1.29 is 9.90 Å². The smallest absolute Gasteiger partial charge is 0.163 e. The fourth-order valence-corrected chi connectivity index (χ4v) is 3.06. The van der Waals surface area contributed by atoms with Crippen molar-refractivity contribution in [1.29, 1.82) is 0 Å². The molecule has 0 aromatic heterocycles. The predicted octanol–water partition coefficient (Wildman–Crippen LogP) is 4.49. The zero-order valence-corrected chi connectivity index (χ0v) is 11.0. The van der Waals surface area contributed by atoms with Crippen molar-refractivity contribution in [2.24, 2.45) is 0 Å². The molecule has 0 atom stereocenters. The molecule has 0 aliphatic heterocycles. The van der Waals surface area contributed by atoms with Gasteiger partial charge in [0.25, 0.3) is 0 Å². The molecular formula is C18H12O2. The molecule has 0 aliphatic carbocycles. The fraction of sp³-hybridized carbons (Fsp3) is 0.0556. The normalized spacial score (nSPS) is 11.7. The Labute approximate surface area is 115 Å². The minimum Gasteiger partial charge on any atom is -0.507 e. The Morgan fingerprint density at radius 1 is 0.900 bits per heavy atom. The number of hydrogen-bond donors (Lipinski definition) is 1. The Balaban J connectivity index is 2.36. The highest BCUT2D eigenvalue weighted by Crippen LogP contribution is 2.40. The lowest BCUT2D eigenvalue weighted by molar-refractivity contribution is 0.101. The average Bonchev–Trinajstić information content (AvgIpc) is 2.46. The van der Waals surface area contributed by atoms with Gasteiger partial charge < -0.3 is 5.11 Å². The number of benzene rings is 4. The number of Topliss-reactive ketones (excluding diaryl/α,β-unsaturated/α-hetero) is 1. The molecule has 4 aromatic rings. The first kappa shape index (κ1) is 11.2. The predicted molar refractivity (Wildman–Crippen MR) is 81.8 cm³/mol. The Bertz CT molecular complexity index is 967. The topological polar surface area (TPSA) is 37.3 Å². The van der Waals surface area contributed by atoms with Crippen LogP contribution in [0.2, 0.25) is 0 Å². The van der Waals surface area contributed by atoms with Gasteiger partial charge in [0.2, 0.25) is 0 Å². The summed E-state index contributed by atoms with van der Waals surface area (Å²) in [5.41, 5.74) is 0.385. The Morgan fingerprint density at radius 2 is 1.55 bits per heavy atom. The van der Waals surface area contributed by atoms with Crippen LogP contribution in [-0.4, -0.2) is 10.9 Å². The molecule has 0 aliphatic rings. The van der Waals surface area contributed by atoms with Gasteiger partial charge in [0.15, 0.2) is 5.78 Å². The van der Waals surface area contributed by atoms with E-state index in [0.717, 1.165) is 32.3 Å². The van der Waals surface area contributed by atoms with Crippen LogP contribution in [-0.2, 0) is 0 Å². The zero-order valence-electron chi connectivity index (χ0n) is 11.0. The van der Waals surface area contributed by atoms with Crippen molar-refractivity contribution in [2.75, 3.05) is 0 Å². The maximum Gasteiger partial charge on any atom is 0.163 e. The maximum atomic E-state index is 11.7. The van der Waals surface area contributed by atoms with E-state index in [4.69, 9.17) is 0 Å². The summed E-state index contributed by atoms with van der Waals surface area (Å²) in [6.45, 7) is 1.48. The molecule has 0 radical (unpaired) electrons. The summed E-state index contributed by atoms with van der Waals surface area (Å²) >= 11 is 0. The molecule has 0 fully saturated rings. The number of phenols is 1. The van der Waals surface area contributed by atoms with E-state index in [0.29, 0.717) is 5.56 Å². The molecule has 0 saturated carbocycles. The molecule has 4 rings (SSSR count). The number of carbonyl (C=O) groups is 1. The van der Waals surface area contributed by atoms with Gasteiger partial charge in [-0.25, -0.2) is 0 Å². The van der Waals surface area contributed by atoms with E-state index in [1.807, 2.05) is 24.3 Å². The third-order valence-corrected chi connectivity index (χ3v) is 4.00. The molecule has 96 valence electrons. The fourth-order valence-electron chi connectivity index (χ4n) is 3.06. The van der Waals surface area contributed by atoms with Crippen molar-refractivity contribution in [3.8, 4) is 5.75 Å². The van der Waals surface area contributed by atoms with Gasteiger partial charge in [-0.3, -0.25) is 4.79 Å². The van der Waals surface area contributed by atoms with Crippen molar-refractivity contribution in [3.63, 3.8) is 0 Å². The van der Waals surface area contributed by atoms with E-state index in [-0.39, 0.29) is 11.5 Å². The van der Waals surface area contributed by atoms with Gasteiger partial charge >= 0.3 is 0 Å². The first-order valence-electron chi connectivity index (χ1n) is 6.57. The highest BCUT2D eigenvalue weighted by atomic mass is 16.3. The highest BCUT2D eigenvalue weighted by Gasteiger charge is 2.15. The Morgan fingerprint density at radius 3 is 2.25 bits per heavy atom. The summed E-state index contributed by atoms with van der Waals surface area (Å²) in [5.74, 6) is -0.0312. The van der Waals surface area contributed by atoms with Gasteiger partial charge in [-0.05, 0) is 40.6 Å². The molecule has 2 heteroatoms. The molecule has 1 N–H and O–H groups in total. The molecule has 4 aromatic carbocycles. The second-order valence-electron chi connectivity index (χ2n) is 5.18. The molecule has 20 heavy (non-hydrogen) atoms. The number of rotatable bonds is 1. The molecule has 0 spiro atoms. The van der Waals surface area contributed by atoms with Crippen LogP contribution in [0.4, 0.5) is 0 Å². The van der Waals surface area contributed by atoms with Gasteiger partial charge in [-0.15, -0.1) is 0 Å². The van der Waals surface area contributed by atoms with E-state index in [9.17, 15) is 9.90 Å². The summed E-state index contributed by atoms with van der Waals surface area (Å²) in [4.78, 5) is 11.7. The minimum atomic E-state index is -0.118. The van der Waals surface area contributed by atoms with Gasteiger partial charge in [-0.2, -0.15) is 0 Å². The van der Waals surface area contributed by atoms with Crippen molar-refractivity contribution in [2.45, 2.75) is 6.92 Å². The quantitative estimate of drug-likeness (QED) is 0.404. The summed E-state index contributed by atoms with van der Waals surface area (Å²) in [7, 11) is 0. The van der Waals surface area contributed by atoms with E-state index in [1.54, 1.807) is 6.07 Å². The summed E-state index contributed by atoms with van der Waals surface area (Å²) in [6, 6.07) is 15.9. The van der Waals surface area contributed by atoms with Crippen LogP contribution in [0.25, 0.3) is 32.3 Å². The molecule has 0 saturated heterocycles. The SMILES string of the molecule is CC(=O)c1cc2ccc3cccc4ccc(c1O)c2c34. The second kappa shape index (κ2) is 3.70. The summed E-state index contributed by atoms with van der Waals surface area (Å²) in [6.07, 6.45) is 0. The van der Waals surface area contributed by atoms with Gasteiger partial charge in [0.1, 0.15) is 5.75 Å². The van der Waals surface area contributed by atoms with E-state index in [2.05, 4.69) is 18.2 Å². The molecule has 2 nitrogen and oxygen atoms in total. The van der Waals surface area contributed by atoms with Crippen LogP contribution in [0.1, 0.15) is 17.3 Å². The number of hydrogen-bond acceptors (Lipinski definition) is 2. The first-order chi connectivity index (χ1) is 9.66. The monoisotopic (exact) mass is 260 g/mol. The third kappa shape index (κ3) is 1.31. The summed E-state index contributed by atoms with van der Waals surface area (Å²) in [5, 5.41) is 16.6. The number of carbonyl (C=O) groups excluding carboxylic acids is 1. The number of phenolic OH excluding ortho intramolecular Hbond substituents is 1. The standard InChI is InChI=1S/C18H12O2/c1-10(19)15-9-13-6-5-11-3-2-4-12-7-8-14(18(15)20)17(13)16(11)12/h2-9,20H,1H3. The van der Waals surface area contributed by atoms with Crippen molar-refractivity contribution in [3.05, 3.63) is 54.1 Å². The number of aromatic hydroxyl groups is 1. The molecule has 0 heterocycles. The van der Waals surface area contributed by atoms with E-state index >= 15 is 0 Å². The van der Waals surface area contributed by atoms with Crippen molar-refractivity contribution >= 4 is 38.1 Å². The highest BCUT2D eigenvalue weighted by molar-refractivity contribution is 6.25. The summed E-state index contributed by atoms with van der Waals surface area (Å²) < 4.78 is 0. The molecular weight excluding hydrogens is 248 g/mol. The minimum absolute atomic E-state index is 0.0863. The van der Waals surface area contributed by atoms with Crippen LogP contribution < -0.4 is 0 Å². The van der Waals surface area contributed by atoms with Crippen molar-refractivity contribution in [1.82, 2.24) is 0 Å². The van der Waals surface area contributed by atoms with Crippen LogP contribution in [0.3, 0.4) is 0 Å². The van der Waals surface area contributed by atoms with E-state index < -0.39 is 0 Å². The third-order valence-electron chi connectivity index (χ3n) is 4.00. The second-order valence-corrected chi connectivity index (χ2v) is 5.18. The number of ketones is 1. The zero-order chi connectivity index (χ0) is 13.9. The van der Waals surface area contributed by atoms with Gasteiger partial charge in [0.05, 0.1) is 5.56 Å². The van der Waals surface area contributed by atoms with Crippen LogP contribution in [0.15, 0.2) is 48.5 Å².